The van der Waals surface area contributed by atoms with Crippen molar-refractivity contribution in [3.05, 3.63) is 58.4 Å². The molecule has 2 aliphatic heterocycles. The Labute approximate surface area is 231 Å². The van der Waals surface area contributed by atoms with E-state index in [1.54, 1.807) is 12.3 Å². The van der Waals surface area contributed by atoms with Gasteiger partial charge >= 0.3 is 0 Å². The van der Waals surface area contributed by atoms with Gasteiger partial charge in [0.1, 0.15) is 11.5 Å². The Balaban J connectivity index is 1.09. The molecule has 5 heterocycles. The van der Waals surface area contributed by atoms with Gasteiger partial charge in [0, 0.05) is 43.0 Å². The average molecular weight is 552 g/mol. The second-order valence-corrected chi connectivity index (χ2v) is 10.2. The summed E-state index contributed by atoms with van der Waals surface area (Å²) in [6.45, 7) is 6.30. The lowest BCUT2D eigenvalue weighted by Crippen LogP contribution is -2.39. The summed E-state index contributed by atoms with van der Waals surface area (Å²) in [6, 6.07) is 3.58. The number of carbonyl (C=O) groups excluding carboxylic acids is 2. The second-order valence-electron chi connectivity index (χ2n) is 10.2. The molecule has 212 valence electrons. The maximum Gasteiger partial charge on any atom is 0.287 e. The fourth-order valence-corrected chi connectivity index (χ4v) is 5.19. The first kappa shape index (κ1) is 26.6. The number of aryl methyl sites for hydroxylation is 2. The van der Waals surface area contributed by atoms with Crippen molar-refractivity contribution in [2.75, 3.05) is 52.7 Å². The Morgan fingerprint density at radius 2 is 1.70 bits per heavy atom. The Hall–Kier alpha value is -3.58. The van der Waals surface area contributed by atoms with Gasteiger partial charge in [0.25, 0.3) is 11.8 Å². The van der Waals surface area contributed by atoms with E-state index in [4.69, 9.17) is 28.5 Å². The minimum absolute atomic E-state index is 0.140. The van der Waals surface area contributed by atoms with Gasteiger partial charge in [-0.05, 0) is 30.5 Å². The molecule has 12 nitrogen and oxygen atoms in total. The predicted molar refractivity (Wildman–Crippen MR) is 141 cm³/mol. The molecule has 0 spiro atoms. The van der Waals surface area contributed by atoms with E-state index in [0.29, 0.717) is 77.2 Å². The van der Waals surface area contributed by atoms with Crippen molar-refractivity contribution in [2.45, 2.75) is 38.5 Å². The van der Waals surface area contributed by atoms with Crippen molar-refractivity contribution in [2.24, 2.45) is 0 Å². The summed E-state index contributed by atoms with van der Waals surface area (Å²) in [7, 11) is 0. The zero-order valence-electron chi connectivity index (χ0n) is 22.4. The molecule has 6 rings (SSSR count). The molecule has 2 fully saturated rings. The van der Waals surface area contributed by atoms with E-state index >= 15 is 0 Å². The van der Waals surface area contributed by atoms with E-state index in [0.717, 1.165) is 40.1 Å². The van der Waals surface area contributed by atoms with Gasteiger partial charge in [-0.3, -0.25) is 19.3 Å². The first-order valence-electron chi connectivity index (χ1n) is 13.6. The van der Waals surface area contributed by atoms with Crippen molar-refractivity contribution < 1.29 is 33.0 Å². The lowest BCUT2D eigenvalue weighted by atomic mass is 9.93. The molecule has 2 saturated heterocycles. The van der Waals surface area contributed by atoms with Crippen LogP contribution in [0.2, 0.25) is 0 Å². The molecule has 0 aromatic carbocycles. The number of pyridine rings is 1. The highest BCUT2D eigenvalue weighted by atomic mass is 16.6. The molecule has 3 aromatic rings. The van der Waals surface area contributed by atoms with Crippen molar-refractivity contribution in [3.8, 4) is 11.3 Å². The molecule has 0 radical (unpaired) electrons. The smallest absolute Gasteiger partial charge is 0.287 e. The average Bonchev–Trinajstić information content (AvgIpc) is 3.56. The van der Waals surface area contributed by atoms with Crippen LogP contribution in [0, 0.1) is 6.92 Å². The summed E-state index contributed by atoms with van der Waals surface area (Å²) in [4.78, 5) is 29.7. The molecular formula is C28H33N5O7. The van der Waals surface area contributed by atoms with Gasteiger partial charge in [-0.25, -0.2) is 0 Å². The number of aromatic nitrogens is 3. The van der Waals surface area contributed by atoms with Gasteiger partial charge in [-0.2, -0.15) is 5.10 Å². The summed E-state index contributed by atoms with van der Waals surface area (Å²) >= 11 is 0. The molecule has 3 aliphatic rings. The molecule has 0 bridgehead atoms. The minimum atomic E-state index is -0.267. The summed E-state index contributed by atoms with van der Waals surface area (Å²) in [5, 5.41) is 10.6. The highest BCUT2D eigenvalue weighted by molar-refractivity contribution is 5.95. The summed E-state index contributed by atoms with van der Waals surface area (Å²) < 4.78 is 29.8. The van der Waals surface area contributed by atoms with Crippen molar-refractivity contribution >= 4 is 11.8 Å². The molecule has 1 aliphatic carbocycles. The number of rotatable bonds is 8. The molecular weight excluding hydrogens is 518 g/mol. The van der Waals surface area contributed by atoms with Crippen LogP contribution in [-0.4, -0.2) is 91.5 Å². The SMILES string of the molecule is Cc1c(C(=O)NC[C@@H]2COCCO2)oc2c1-c1nn(Cc3ccc(C(=O)NC[C@@H]4COCCO4)nc3)cc1CC2. The number of hydrogen-bond acceptors (Lipinski definition) is 9. The van der Waals surface area contributed by atoms with Crippen LogP contribution in [0.25, 0.3) is 11.3 Å². The lowest BCUT2D eigenvalue weighted by molar-refractivity contribution is -0.0856. The molecule has 2 atom stereocenters. The van der Waals surface area contributed by atoms with E-state index in [1.165, 1.54) is 0 Å². The van der Waals surface area contributed by atoms with Gasteiger partial charge in [-0.1, -0.05) is 6.07 Å². The summed E-state index contributed by atoms with van der Waals surface area (Å²) in [6.07, 6.45) is 4.89. The zero-order valence-corrected chi connectivity index (χ0v) is 22.4. The zero-order chi connectivity index (χ0) is 27.5. The standard InChI is InChI=1S/C28H33N5O7/c1-17-24-23(40-26(17)28(35)31-12-21-16-37-7-9-39-21)5-3-19-14-33(32-25(19)24)13-18-2-4-22(29-10-18)27(34)30-11-20-15-36-6-8-38-20/h2,4,10,14,20-21H,3,5-9,11-13,15-16H2,1H3,(H,30,34)(H,31,35)/t20-,21-/m1/s1. The summed E-state index contributed by atoms with van der Waals surface area (Å²) in [5.41, 5.74) is 4.87. The first-order valence-corrected chi connectivity index (χ1v) is 13.6. The Morgan fingerprint density at radius 3 is 2.35 bits per heavy atom. The fraction of sp³-hybridized carbons (Fsp3) is 0.500. The fourth-order valence-electron chi connectivity index (χ4n) is 5.19. The van der Waals surface area contributed by atoms with Crippen LogP contribution in [0.3, 0.4) is 0 Å². The number of amides is 2. The van der Waals surface area contributed by atoms with Crippen molar-refractivity contribution in [3.63, 3.8) is 0 Å². The van der Waals surface area contributed by atoms with Crippen LogP contribution in [0.5, 0.6) is 0 Å². The van der Waals surface area contributed by atoms with E-state index < -0.39 is 0 Å². The number of carbonyl (C=O) groups is 2. The Morgan fingerprint density at radius 1 is 0.975 bits per heavy atom. The second kappa shape index (κ2) is 11.9. The van der Waals surface area contributed by atoms with Crippen LogP contribution in [0.15, 0.2) is 28.9 Å². The van der Waals surface area contributed by atoms with Crippen LogP contribution >= 0.6 is 0 Å². The molecule has 2 N–H and O–H groups in total. The molecule has 40 heavy (non-hydrogen) atoms. The predicted octanol–water partition coefficient (Wildman–Crippen LogP) is 1.28. The number of nitrogens with one attached hydrogen (secondary N) is 2. The van der Waals surface area contributed by atoms with Crippen LogP contribution in [0.1, 0.15) is 43.5 Å². The first-order chi connectivity index (χ1) is 19.5. The summed E-state index contributed by atoms with van der Waals surface area (Å²) in [5.74, 6) is 0.569. The number of nitrogens with zero attached hydrogens (tertiary/aromatic N) is 3. The van der Waals surface area contributed by atoms with Crippen molar-refractivity contribution in [1.29, 1.82) is 0 Å². The molecule has 0 saturated carbocycles. The highest BCUT2D eigenvalue weighted by Gasteiger charge is 2.30. The van der Waals surface area contributed by atoms with Crippen molar-refractivity contribution in [1.82, 2.24) is 25.4 Å². The third kappa shape index (κ3) is 5.80. The quantitative estimate of drug-likeness (QED) is 0.424. The molecule has 2 amide bonds. The minimum Gasteiger partial charge on any atom is -0.455 e. The lowest BCUT2D eigenvalue weighted by Gasteiger charge is -2.22. The molecule has 12 heteroatoms. The van der Waals surface area contributed by atoms with Gasteiger partial charge in [0.05, 0.1) is 64.1 Å². The maximum absolute atomic E-state index is 12.9. The molecule has 3 aromatic heterocycles. The molecule has 0 unspecified atom stereocenters. The van der Waals surface area contributed by atoms with E-state index in [1.807, 2.05) is 23.9 Å². The maximum atomic E-state index is 12.9. The van der Waals surface area contributed by atoms with Gasteiger partial charge in [0.15, 0.2) is 5.76 Å². The van der Waals surface area contributed by atoms with E-state index in [-0.39, 0.29) is 24.0 Å². The topological polar surface area (TPSA) is 139 Å². The van der Waals surface area contributed by atoms with Gasteiger partial charge < -0.3 is 34.0 Å². The number of fused-ring (bicyclic) bond motifs is 3. The Kier molecular flexibility index (Phi) is 7.91. The number of furan rings is 1. The van der Waals surface area contributed by atoms with E-state index in [9.17, 15) is 9.59 Å². The van der Waals surface area contributed by atoms with Crippen LogP contribution in [-0.2, 0) is 38.3 Å². The largest absolute Gasteiger partial charge is 0.455 e. The van der Waals surface area contributed by atoms with E-state index in [2.05, 4.69) is 15.6 Å². The van der Waals surface area contributed by atoms with Crippen LogP contribution in [0.4, 0.5) is 0 Å². The van der Waals surface area contributed by atoms with Gasteiger partial charge in [0.2, 0.25) is 0 Å². The third-order valence-corrected chi connectivity index (χ3v) is 7.27. The van der Waals surface area contributed by atoms with Crippen LogP contribution < -0.4 is 10.6 Å². The highest BCUT2D eigenvalue weighted by Crippen LogP contribution is 2.38. The third-order valence-electron chi connectivity index (χ3n) is 7.27. The number of hydrogen-bond donors (Lipinski definition) is 2. The monoisotopic (exact) mass is 551 g/mol. The Bertz CT molecular complexity index is 1350. The van der Waals surface area contributed by atoms with Gasteiger partial charge in [-0.15, -0.1) is 0 Å². The normalized spacial score (nSPS) is 20.4. The number of ether oxygens (including phenoxy) is 4.